The molecule has 0 unspecified atom stereocenters. The zero-order valence-corrected chi connectivity index (χ0v) is 11.0. The molecule has 2 rings (SSSR count). The highest BCUT2D eigenvalue weighted by Gasteiger charge is 2.44. The predicted molar refractivity (Wildman–Crippen MR) is 71.2 cm³/mol. The van der Waals surface area contributed by atoms with E-state index in [0.717, 1.165) is 24.8 Å². The predicted octanol–water partition coefficient (Wildman–Crippen LogP) is 2.76. The Morgan fingerprint density at radius 3 is 2.71 bits per heavy atom. The fourth-order valence-electron chi connectivity index (χ4n) is 2.09. The number of aromatic nitrogens is 2. The SMILES string of the molecule is CCNc1nccc(NCC2(C(C)C)CC2)n1. The van der Waals surface area contributed by atoms with Crippen LogP contribution in [0.5, 0.6) is 0 Å². The molecule has 0 spiro atoms. The molecule has 0 radical (unpaired) electrons. The lowest BCUT2D eigenvalue weighted by atomic mass is 9.92. The summed E-state index contributed by atoms with van der Waals surface area (Å²) in [6.07, 6.45) is 4.47. The summed E-state index contributed by atoms with van der Waals surface area (Å²) in [5.74, 6) is 2.36. The van der Waals surface area contributed by atoms with Gasteiger partial charge in [0, 0.05) is 19.3 Å². The lowest BCUT2D eigenvalue weighted by Crippen LogP contribution is -2.21. The van der Waals surface area contributed by atoms with Gasteiger partial charge >= 0.3 is 0 Å². The molecule has 1 fully saturated rings. The number of hydrogen-bond donors (Lipinski definition) is 2. The molecule has 1 aliphatic carbocycles. The highest BCUT2D eigenvalue weighted by atomic mass is 15.1. The average Bonchev–Trinajstić information content (AvgIpc) is 3.08. The smallest absolute Gasteiger partial charge is 0.224 e. The van der Waals surface area contributed by atoms with Gasteiger partial charge in [-0.1, -0.05) is 13.8 Å². The van der Waals surface area contributed by atoms with Crippen LogP contribution in [0.1, 0.15) is 33.6 Å². The fraction of sp³-hybridized carbons (Fsp3) is 0.692. The molecule has 1 saturated carbocycles. The Hall–Kier alpha value is -1.32. The monoisotopic (exact) mass is 234 g/mol. The molecule has 1 aromatic rings. The number of rotatable bonds is 6. The van der Waals surface area contributed by atoms with E-state index in [1.165, 1.54) is 12.8 Å². The maximum atomic E-state index is 4.42. The largest absolute Gasteiger partial charge is 0.369 e. The molecule has 0 amide bonds. The summed E-state index contributed by atoms with van der Waals surface area (Å²) in [7, 11) is 0. The van der Waals surface area contributed by atoms with Gasteiger partial charge in [-0.2, -0.15) is 4.98 Å². The van der Waals surface area contributed by atoms with Crippen molar-refractivity contribution in [2.24, 2.45) is 11.3 Å². The lowest BCUT2D eigenvalue weighted by Gasteiger charge is -2.20. The van der Waals surface area contributed by atoms with Crippen molar-refractivity contribution in [2.45, 2.75) is 33.6 Å². The molecule has 0 bridgehead atoms. The van der Waals surface area contributed by atoms with E-state index in [2.05, 4.69) is 34.4 Å². The van der Waals surface area contributed by atoms with Crippen molar-refractivity contribution < 1.29 is 0 Å². The minimum absolute atomic E-state index is 0.503. The van der Waals surface area contributed by atoms with Crippen LogP contribution in [0.4, 0.5) is 11.8 Å². The normalized spacial score (nSPS) is 16.9. The minimum Gasteiger partial charge on any atom is -0.369 e. The quantitative estimate of drug-likeness (QED) is 0.794. The molecule has 0 aromatic carbocycles. The Balaban J connectivity index is 1.93. The Kier molecular flexibility index (Phi) is 3.50. The zero-order chi connectivity index (χ0) is 12.3. The maximum Gasteiger partial charge on any atom is 0.224 e. The third-order valence-electron chi connectivity index (χ3n) is 3.73. The Bertz CT molecular complexity index is 371. The van der Waals surface area contributed by atoms with E-state index < -0.39 is 0 Å². The highest BCUT2D eigenvalue weighted by molar-refractivity contribution is 5.39. The first-order valence-electron chi connectivity index (χ1n) is 6.47. The van der Waals surface area contributed by atoms with Crippen LogP contribution >= 0.6 is 0 Å². The molecule has 0 aliphatic heterocycles. The van der Waals surface area contributed by atoms with Crippen LogP contribution in [-0.4, -0.2) is 23.1 Å². The summed E-state index contributed by atoms with van der Waals surface area (Å²) in [6, 6.07) is 1.93. The summed E-state index contributed by atoms with van der Waals surface area (Å²) in [5, 5.41) is 6.56. The molecular formula is C13H22N4. The van der Waals surface area contributed by atoms with Gasteiger partial charge in [0.05, 0.1) is 0 Å². The van der Waals surface area contributed by atoms with Gasteiger partial charge in [-0.15, -0.1) is 0 Å². The first kappa shape index (κ1) is 12.1. The first-order valence-corrected chi connectivity index (χ1v) is 6.47. The molecule has 4 heteroatoms. The summed E-state index contributed by atoms with van der Waals surface area (Å²) in [5.41, 5.74) is 0.503. The Labute approximate surface area is 103 Å². The summed E-state index contributed by atoms with van der Waals surface area (Å²) in [4.78, 5) is 8.58. The van der Waals surface area contributed by atoms with Crippen molar-refractivity contribution in [3.63, 3.8) is 0 Å². The van der Waals surface area contributed by atoms with Crippen molar-refractivity contribution >= 4 is 11.8 Å². The van der Waals surface area contributed by atoms with Crippen molar-refractivity contribution in [3.05, 3.63) is 12.3 Å². The van der Waals surface area contributed by atoms with Gasteiger partial charge in [0.15, 0.2) is 0 Å². The van der Waals surface area contributed by atoms with Crippen molar-refractivity contribution in [1.82, 2.24) is 9.97 Å². The van der Waals surface area contributed by atoms with Gasteiger partial charge in [-0.05, 0) is 37.2 Å². The van der Waals surface area contributed by atoms with E-state index in [-0.39, 0.29) is 0 Å². The van der Waals surface area contributed by atoms with Gasteiger partial charge in [0.1, 0.15) is 5.82 Å². The average molecular weight is 234 g/mol. The van der Waals surface area contributed by atoms with Crippen LogP contribution in [0.2, 0.25) is 0 Å². The Morgan fingerprint density at radius 2 is 2.12 bits per heavy atom. The second-order valence-corrected chi connectivity index (χ2v) is 5.17. The van der Waals surface area contributed by atoms with Crippen molar-refractivity contribution in [1.29, 1.82) is 0 Å². The van der Waals surface area contributed by atoms with Crippen LogP contribution in [0.15, 0.2) is 12.3 Å². The summed E-state index contributed by atoms with van der Waals surface area (Å²) < 4.78 is 0. The molecule has 2 N–H and O–H groups in total. The van der Waals surface area contributed by atoms with Gasteiger partial charge in [-0.25, -0.2) is 4.98 Å². The van der Waals surface area contributed by atoms with E-state index in [1.54, 1.807) is 6.20 Å². The number of hydrogen-bond acceptors (Lipinski definition) is 4. The van der Waals surface area contributed by atoms with Crippen molar-refractivity contribution in [2.75, 3.05) is 23.7 Å². The van der Waals surface area contributed by atoms with E-state index >= 15 is 0 Å². The fourth-order valence-corrected chi connectivity index (χ4v) is 2.09. The number of anilines is 2. The van der Waals surface area contributed by atoms with Crippen LogP contribution in [0, 0.1) is 11.3 Å². The molecule has 1 aromatic heterocycles. The highest BCUT2D eigenvalue weighted by Crippen LogP contribution is 2.51. The molecule has 4 nitrogen and oxygen atoms in total. The van der Waals surface area contributed by atoms with E-state index in [0.29, 0.717) is 11.4 Å². The molecular weight excluding hydrogens is 212 g/mol. The second-order valence-electron chi connectivity index (χ2n) is 5.17. The minimum atomic E-state index is 0.503. The molecule has 1 aliphatic rings. The van der Waals surface area contributed by atoms with Crippen molar-refractivity contribution in [3.8, 4) is 0 Å². The Morgan fingerprint density at radius 1 is 1.35 bits per heavy atom. The van der Waals surface area contributed by atoms with Gasteiger partial charge in [0.2, 0.25) is 5.95 Å². The molecule has 94 valence electrons. The first-order chi connectivity index (χ1) is 8.16. The zero-order valence-electron chi connectivity index (χ0n) is 11.0. The standard InChI is InChI=1S/C13H22N4/c1-4-14-12-15-8-5-11(17-12)16-9-13(6-7-13)10(2)3/h5,8,10H,4,6-7,9H2,1-3H3,(H2,14,15,16,17). The van der Waals surface area contributed by atoms with Gasteiger partial charge < -0.3 is 10.6 Å². The number of nitrogens with zero attached hydrogens (tertiary/aromatic N) is 2. The van der Waals surface area contributed by atoms with E-state index in [9.17, 15) is 0 Å². The van der Waals surface area contributed by atoms with Crippen LogP contribution in [0.25, 0.3) is 0 Å². The summed E-state index contributed by atoms with van der Waals surface area (Å²) in [6.45, 7) is 8.52. The van der Waals surface area contributed by atoms with Crippen LogP contribution < -0.4 is 10.6 Å². The second kappa shape index (κ2) is 4.90. The van der Waals surface area contributed by atoms with Crippen LogP contribution in [0.3, 0.4) is 0 Å². The molecule has 17 heavy (non-hydrogen) atoms. The van der Waals surface area contributed by atoms with E-state index in [4.69, 9.17) is 0 Å². The topological polar surface area (TPSA) is 49.8 Å². The third-order valence-corrected chi connectivity index (χ3v) is 3.73. The molecule has 0 atom stereocenters. The molecule has 0 saturated heterocycles. The molecule has 1 heterocycles. The van der Waals surface area contributed by atoms with Crippen LogP contribution in [-0.2, 0) is 0 Å². The lowest BCUT2D eigenvalue weighted by molar-refractivity contribution is 0.380. The van der Waals surface area contributed by atoms with E-state index in [1.807, 2.05) is 13.0 Å². The van der Waals surface area contributed by atoms with Gasteiger partial charge in [0.25, 0.3) is 0 Å². The number of nitrogens with one attached hydrogen (secondary N) is 2. The van der Waals surface area contributed by atoms with Gasteiger partial charge in [-0.3, -0.25) is 0 Å². The summed E-state index contributed by atoms with van der Waals surface area (Å²) >= 11 is 0. The maximum absolute atomic E-state index is 4.42. The third kappa shape index (κ3) is 2.87.